The Labute approximate surface area is 82.2 Å². The van der Waals surface area contributed by atoms with Gasteiger partial charge < -0.3 is 5.11 Å². The van der Waals surface area contributed by atoms with Crippen molar-refractivity contribution in [2.75, 3.05) is 13.3 Å². The number of hydrogen-bond acceptors (Lipinski definition) is 4. The van der Waals surface area contributed by atoms with Gasteiger partial charge in [-0.05, 0) is 41.8 Å². The van der Waals surface area contributed by atoms with E-state index in [-0.39, 0.29) is 5.75 Å². The molecule has 0 saturated heterocycles. The van der Waals surface area contributed by atoms with Crippen molar-refractivity contribution in [2.24, 2.45) is 5.10 Å². The summed E-state index contributed by atoms with van der Waals surface area (Å²) >= 11 is 1.53. The van der Waals surface area contributed by atoms with Crippen LogP contribution in [0, 0.1) is 0 Å². The van der Waals surface area contributed by atoms with Crippen molar-refractivity contribution < 1.29 is 5.11 Å². The van der Waals surface area contributed by atoms with Crippen molar-refractivity contribution in [1.82, 2.24) is 4.41 Å². The van der Waals surface area contributed by atoms with E-state index in [0.717, 1.165) is 5.56 Å². The maximum atomic E-state index is 9.02. The Balaban J connectivity index is 2.64. The predicted molar refractivity (Wildman–Crippen MR) is 57.0 cm³/mol. The monoisotopic (exact) mass is 196 g/mol. The average Bonchev–Trinajstić information content (AvgIpc) is 2.16. The van der Waals surface area contributed by atoms with Gasteiger partial charge >= 0.3 is 0 Å². The summed E-state index contributed by atoms with van der Waals surface area (Å²) in [6, 6.07) is 6.90. The fourth-order valence-corrected chi connectivity index (χ4v) is 0.897. The topological polar surface area (TPSA) is 35.8 Å². The van der Waals surface area contributed by atoms with Gasteiger partial charge in [-0.25, -0.2) is 4.41 Å². The van der Waals surface area contributed by atoms with E-state index < -0.39 is 0 Å². The van der Waals surface area contributed by atoms with Gasteiger partial charge in [-0.1, -0.05) is 0 Å². The molecule has 0 heterocycles. The van der Waals surface area contributed by atoms with Crippen LogP contribution >= 0.6 is 11.9 Å². The largest absolute Gasteiger partial charge is 0.508 e. The van der Waals surface area contributed by atoms with Crippen LogP contribution in [0.1, 0.15) is 5.56 Å². The molecule has 0 aliphatic rings. The van der Waals surface area contributed by atoms with Crippen LogP contribution in [0.5, 0.6) is 5.75 Å². The second-order valence-corrected chi connectivity index (χ2v) is 3.38. The number of nitrogens with zero attached hydrogens (tertiary/aromatic N) is 2. The molecule has 1 N–H and O–H groups in total. The molecule has 0 fully saturated rings. The average molecular weight is 196 g/mol. The summed E-state index contributed by atoms with van der Waals surface area (Å²) in [7, 11) is 1.88. The highest BCUT2D eigenvalue weighted by atomic mass is 32.2. The fraction of sp³-hybridized carbons (Fsp3) is 0.222. The molecule has 1 aromatic rings. The molecule has 0 unspecified atom stereocenters. The molecule has 0 aliphatic heterocycles. The lowest BCUT2D eigenvalue weighted by molar-refractivity contribution is 0.475. The van der Waals surface area contributed by atoms with Crippen molar-refractivity contribution in [1.29, 1.82) is 0 Å². The van der Waals surface area contributed by atoms with E-state index in [9.17, 15) is 0 Å². The molecule has 3 nitrogen and oxygen atoms in total. The summed E-state index contributed by atoms with van der Waals surface area (Å²) in [6.45, 7) is 0. The van der Waals surface area contributed by atoms with Gasteiger partial charge in [0.05, 0.1) is 6.21 Å². The van der Waals surface area contributed by atoms with Crippen molar-refractivity contribution in [3.05, 3.63) is 29.8 Å². The first-order valence-electron chi connectivity index (χ1n) is 3.83. The summed E-state index contributed by atoms with van der Waals surface area (Å²) in [5, 5.41) is 13.2. The molecule has 1 aromatic carbocycles. The first-order chi connectivity index (χ1) is 6.22. The van der Waals surface area contributed by atoms with Crippen LogP contribution in [0.2, 0.25) is 0 Å². The number of hydrogen-bond donors (Lipinski definition) is 1. The molecule has 0 aliphatic carbocycles. The summed E-state index contributed by atoms with van der Waals surface area (Å²) in [6.07, 6.45) is 3.70. The van der Waals surface area contributed by atoms with Crippen LogP contribution < -0.4 is 0 Å². The Morgan fingerprint density at radius 3 is 2.54 bits per heavy atom. The number of hydrazone groups is 1. The van der Waals surface area contributed by atoms with Gasteiger partial charge in [0.25, 0.3) is 0 Å². The smallest absolute Gasteiger partial charge is 0.115 e. The van der Waals surface area contributed by atoms with Crippen molar-refractivity contribution in [2.45, 2.75) is 0 Å². The normalized spacial score (nSPS) is 10.6. The van der Waals surface area contributed by atoms with Crippen LogP contribution in [0.3, 0.4) is 0 Å². The third-order valence-electron chi connectivity index (χ3n) is 1.53. The molecule has 0 radical (unpaired) electrons. The molecule has 0 saturated carbocycles. The minimum Gasteiger partial charge on any atom is -0.508 e. The predicted octanol–water partition coefficient (Wildman–Crippen LogP) is 1.94. The lowest BCUT2D eigenvalue weighted by Crippen LogP contribution is -1.98. The zero-order chi connectivity index (χ0) is 9.68. The van der Waals surface area contributed by atoms with Crippen molar-refractivity contribution >= 4 is 18.2 Å². The molecule has 4 heteroatoms. The second-order valence-electron chi connectivity index (χ2n) is 2.48. The maximum absolute atomic E-state index is 9.02. The second kappa shape index (κ2) is 4.77. The molecule has 70 valence electrons. The molecule has 0 aromatic heterocycles. The van der Waals surface area contributed by atoms with Gasteiger partial charge in [0.1, 0.15) is 5.75 Å². The molecule has 13 heavy (non-hydrogen) atoms. The zero-order valence-electron chi connectivity index (χ0n) is 7.64. The Hall–Kier alpha value is -1.16. The lowest BCUT2D eigenvalue weighted by atomic mass is 10.2. The highest BCUT2D eigenvalue weighted by Crippen LogP contribution is 2.08. The molecular formula is C9H12N2OS. The Kier molecular flexibility index (Phi) is 3.64. The molecule has 0 atom stereocenters. The van der Waals surface area contributed by atoms with E-state index in [1.165, 1.54) is 11.9 Å². The first kappa shape index (κ1) is 9.92. The third kappa shape index (κ3) is 3.38. The summed E-state index contributed by atoms with van der Waals surface area (Å²) in [5.74, 6) is 0.273. The fourth-order valence-electron chi connectivity index (χ4n) is 0.756. The van der Waals surface area contributed by atoms with Gasteiger partial charge in [0.15, 0.2) is 0 Å². The number of benzene rings is 1. The van der Waals surface area contributed by atoms with Crippen molar-refractivity contribution in [3.8, 4) is 5.75 Å². The van der Waals surface area contributed by atoms with Gasteiger partial charge in [-0.3, -0.25) is 0 Å². The minimum absolute atomic E-state index is 0.273. The summed E-state index contributed by atoms with van der Waals surface area (Å²) < 4.78 is 1.76. The van der Waals surface area contributed by atoms with Crippen LogP contribution in [-0.4, -0.2) is 29.0 Å². The van der Waals surface area contributed by atoms with E-state index in [2.05, 4.69) is 5.10 Å². The SMILES string of the molecule is CSN(C)/N=C/c1ccc(O)cc1. The Morgan fingerprint density at radius 2 is 2.00 bits per heavy atom. The van der Waals surface area contributed by atoms with Gasteiger partial charge in [-0.2, -0.15) is 5.10 Å². The lowest BCUT2D eigenvalue weighted by Gasteiger charge is -2.05. The standard InChI is InChI=1S/C9H12N2OS/c1-11(13-2)10-7-8-3-5-9(12)6-4-8/h3-7,12H,1-2H3/b10-7+. The van der Waals surface area contributed by atoms with Crippen LogP contribution in [0.25, 0.3) is 0 Å². The van der Waals surface area contributed by atoms with Crippen LogP contribution in [0.4, 0.5) is 0 Å². The molecule has 0 spiro atoms. The zero-order valence-corrected chi connectivity index (χ0v) is 8.45. The molecule has 0 amide bonds. The van der Waals surface area contributed by atoms with E-state index in [0.29, 0.717) is 0 Å². The third-order valence-corrected chi connectivity index (χ3v) is 2.15. The minimum atomic E-state index is 0.273. The highest BCUT2D eigenvalue weighted by molar-refractivity contribution is 7.96. The van der Waals surface area contributed by atoms with E-state index in [1.807, 2.05) is 25.4 Å². The number of phenolic OH excluding ortho intramolecular Hbond substituents is 1. The number of rotatable bonds is 3. The van der Waals surface area contributed by atoms with Crippen LogP contribution in [0.15, 0.2) is 29.4 Å². The number of aromatic hydroxyl groups is 1. The molecule has 0 bridgehead atoms. The van der Waals surface area contributed by atoms with E-state index in [1.54, 1.807) is 22.8 Å². The number of phenols is 1. The van der Waals surface area contributed by atoms with Gasteiger partial charge in [0.2, 0.25) is 0 Å². The Bertz CT molecular complexity index is 284. The van der Waals surface area contributed by atoms with Gasteiger partial charge in [-0.15, -0.1) is 0 Å². The van der Waals surface area contributed by atoms with Crippen molar-refractivity contribution in [3.63, 3.8) is 0 Å². The molecule has 1 rings (SSSR count). The Morgan fingerprint density at radius 1 is 1.38 bits per heavy atom. The van der Waals surface area contributed by atoms with Gasteiger partial charge in [0, 0.05) is 13.3 Å². The molecular weight excluding hydrogens is 184 g/mol. The maximum Gasteiger partial charge on any atom is 0.115 e. The highest BCUT2D eigenvalue weighted by Gasteiger charge is 1.89. The summed E-state index contributed by atoms with van der Waals surface area (Å²) in [4.78, 5) is 0. The van der Waals surface area contributed by atoms with Crippen LogP contribution in [-0.2, 0) is 0 Å². The van der Waals surface area contributed by atoms with E-state index in [4.69, 9.17) is 5.11 Å². The quantitative estimate of drug-likeness (QED) is 0.456. The first-order valence-corrected chi connectivity index (χ1v) is 5.01. The summed E-state index contributed by atoms with van der Waals surface area (Å²) in [5.41, 5.74) is 0.971. The van der Waals surface area contributed by atoms with E-state index >= 15 is 0 Å².